The molecule has 0 saturated carbocycles. The topological polar surface area (TPSA) is 87.7 Å². The summed E-state index contributed by atoms with van der Waals surface area (Å²) in [5.74, 6) is -1.29. The first-order chi connectivity index (χ1) is 12.0. The normalized spacial score (nSPS) is 11.9. The first kappa shape index (κ1) is 15.8. The maximum absolute atomic E-state index is 13.9. The van der Waals surface area contributed by atoms with Gasteiger partial charge in [0.2, 0.25) is 0 Å². The number of benzene rings is 1. The van der Waals surface area contributed by atoms with Crippen LogP contribution >= 0.6 is 11.6 Å². The van der Waals surface area contributed by atoms with Crippen LogP contribution in [0.25, 0.3) is 21.8 Å². The van der Waals surface area contributed by atoms with Crippen molar-refractivity contribution in [3.63, 3.8) is 0 Å². The first-order valence-electron chi connectivity index (χ1n) is 7.14. The fourth-order valence-corrected chi connectivity index (χ4v) is 3.90. The summed E-state index contributed by atoms with van der Waals surface area (Å²) in [6.45, 7) is 0. The number of hydrogen-bond acceptors (Lipinski definition) is 4. The first-order valence-corrected chi connectivity index (χ1v) is 9.00. The molecule has 2 N–H and O–H groups in total. The summed E-state index contributed by atoms with van der Waals surface area (Å²) in [4.78, 5) is 10.9. The third-order valence-electron chi connectivity index (χ3n) is 3.71. The molecule has 0 bridgehead atoms. The molecule has 9 heteroatoms. The van der Waals surface area contributed by atoms with Gasteiger partial charge in [0.1, 0.15) is 4.90 Å². The molecule has 0 fully saturated rings. The minimum atomic E-state index is -4.07. The lowest BCUT2D eigenvalue weighted by atomic mass is 10.1. The number of aromatic nitrogens is 3. The molecule has 0 radical (unpaired) electrons. The van der Waals surface area contributed by atoms with Crippen molar-refractivity contribution in [2.45, 2.75) is 4.90 Å². The maximum Gasteiger partial charge on any atom is 0.265 e. The number of nitrogens with zero attached hydrogens (tertiary/aromatic N) is 2. The predicted molar refractivity (Wildman–Crippen MR) is 93.6 cm³/mol. The van der Waals surface area contributed by atoms with Crippen LogP contribution in [0.1, 0.15) is 0 Å². The maximum atomic E-state index is 13.9. The summed E-state index contributed by atoms with van der Waals surface area (Å²) in [5, 5.41) is 1.40. The van der Waals surface area contributed by atoms with E-state index in [0.29, 0.717) is 10.9 Å². The zero-order valence-electron chi connectivity index (χ0n) is 12.5. The van der Waals surface area contributed by atoms with Gasteiger partial charge >= 0.3 is 0 Å². The number of fused-ring (bicyclic) bond motifs is 3. The van der Waals surface area contributed by atoms with Crippen LogP contribution in [0.15, 0.2) is 53.8 Å². The minimum absolute atomic E-state index is 0.0576. The lowest BCUT2D eigenvalue weighted by Gasteiger charge is -2.07. The predicted octanol–water partition coefficient (Wildman–Crippen LogP) is 3.70. The zero-order chi connectivity index (χ0) is 17.6. The molecule has 0 unspecified atom stereocenters. The van der Waals surface area contributed by atoms with E-state index in [2.05, 4.69) is 19.7 Å². The van der Waals surface area contributed by atoms with Crippen LogP contribution in [0.3, 0.4) is 0 Å². The highest BCUT2D eigenvalue weighted by atomic mass is 35.5. The number of sulfonamides is 1. The van der Waals surface area contributed by atoms with E-state index < -0.39 is 21.7 Å². The molecule has 0 aliphatic rings. The third kappa shape index (κ3) is 2.69. The van der Waals surface area contributed by atoms with E-state index in [-0.39, 0.29) is 9.92 Å². The van der Waals surface area contributed by atoms with Gasteiger partial charge < -0.3 is 4.98 Å². The minimum Gasteiger partial charge on any atom is -0.359 e. The summed E-state index contributed by atoms with van der Waals surface area (Å²) in [6.07, 6.45) is 4.13. The Balaban J connectivity index is 1.84. The fraction of sp³-hybridized carbons (Fsp3) is 0. The number of aromatic amines is 1. The zero-order valence-corrected chi connectivity index (χ0v) is 14.1. The number of halogens is 2. The SMILES string of the molecule is O=S(=O)(Nc1ncc(Cl)cc1F)c1cnc2c1ccc1ccc[nH]c12. The van der Waals surface area contributed by atoms with E-state index in [4.69, 9.17) is 11.6 Å². The second kappa shape index (κ2) is 5.68. The number of rotatable bonds is 3. The average molecular weight is 377 g/mol. The average Bonchev–Trinajstić information content (AvgIpc) is 3.03. The Hall–Kier alpha value is -2.71. The molecule has 0 atom stereocenters. The molecule has 25 heavy (non-hydrogen) atoms. The van der Waals surface area contributed by atoms with Crippen LogP contribution in [-0.2, 0) is 10.0 Å². The molecule has 4 aromatic rings. The van der Waals surface area contributed by atoms with Crippen molar-refractivity contribution in [3.05, 3.63) is 59.8 Å². The Labute approximate surface area is 146 Å². The van der Waals surface area contributed by atoms with Crippen molar-refractivity contribution in [1.82, 2.24) is 15.0 Å². The van der Waals surface area contributed by atoms with Crippen LogP contribution in [0.2, 0.25) is 5.02 Å². The summed E-state index contributed by atoms with van der Waals surface area (Å²) in [5.41, 5.74) is 1.24. The molecular weight excluding hydrogens is 367 g/mol. The van der Waals surface area contributed by atoms with Crippen LogP contribution < -0.4 is 4.72 Å². The Bertz CT molecular complexity index is 1220. The van der Waals surface area contributed by atoms with Crippen molar-refractivity contribution in [1.29, 1.82) is 0 Å². The van der Waals surface area contributed by atoms with Gasteiger partial charge in [-0.2, -0.15) is 0 Å². The van der Waals surface area contributed by atoms with Gasteiger partial charge in [-0.15, -0.1) is 0 Å². The molecule has 0 amide bonds. The second-order valence-corrected chi connectivity index (χ2v) is 7.40. The van der Waals surface area contributed by atoms with E-state index in [9.17, 15) is 12.8 Å². The van der Waals surface area contributed by atoms with Crippen LogP contribution in [0.4, 0.5) is 10.2 Å². The van der Waals surface area contributed by atoms with Crippen molar-refractivity contribution >= 4 is 49.2 Å². The highest BCUT2D eigenvalue weighted by Gasteiger charge is 2.22. The molecule has 6 nitrogen and oxygen atoms in total. The molecule has 4 rings (SSSR count). The molecule has 3 aromatic heterocycles. The van der Waals surface area contributed by atoms with E-state index in [1.807, 2.05) is 12.1 Å². The van der Waals surface area contributed by atoms with Crippen molar-refractivity contribution in [3.8, 4) is 0 Å². The second-order valence-electron chi connectivity index (χ2n) is 5.31. The van der Waals surface area contributed by atoms with E-state index >= 15 is 0 Å². The van der Waals surface area contributed by atoms with Crippen molar-refractivity contribution in [2.24, 2.45) is 0 Å². The molecule has 0 aliphatic carbocycles. The van der Waals surface area contributed by atoms with Gasteiger partial charge in [0.05, 0.1) is 16.1 Å². The quantitative estimate of drug-likeness (QED) is 0.570. The van der Waals surface area contributed by atoms with Gasteiger partial charge in [-0.25, -0.2) is 17.8 Å². The smallest absolute Gasteiger partial charge is 0.265 e. The Morgan fingerprint density at radius 3 is 2.80 bits per heavy atom. The summed E-state index contributed by atoms with van der Waals surface area (Å²) in [7, 11) is -4.07. The molecular formula is C16H10ClFN4O2S. The number of H-pyrrole nitrogens is 1. The Kier molecular flexibility index (Phi) is 3.59. The van der Waals surface area contributed by atoms with Crippen LogP contribution in [-0.4, -0.2) is 23.4 Å². The van der Waals surface area contributed by atoms with Crippen molar-refractivity contribution < 1.29 is 12.8 Å². The van der Waals surface area contributed by atoms with E-state index in [0.717, 1.165) is 23.2 Å². The third-order valence-corrected chi connectivity index (χ3v) is 5.29. The van der Waals surface area contributed by atoms with Gasteiger partial charge in [-0.05, 0) is 12.1 Å². The molecule has 3 heterocycles. The molecule has 0 spiro atoms. The number of anilines is 1. The standard InChI is InChI=1S/C16H10ClFN4O2S/c17-10-6-12(18)16(21-7-10)22-25(23,24)13-8-20-15-11(13)4-3-9-2-1-5-19-14(9)15/h1-8,19H,(H,21,22). The number of hydrogen-bond donors (Lipinski definition) is 2. The van der Waals surface area contributed by atoms with Gasteiger partial charge in [0.15, 0.2) is 11.6 Å². The lowest BCUT2D eigenvalue weighted by Crippen LogP contribution is -2.14. The molecule has 126 valence electrons. The van der Waals surface area contributed by atoms with E-state index in [1.165, 1.54) is 6.20 Å². The highest BCUT2D eigenvalue weighted by molar-refractivity contribution is 7.93. The van der Waals surface area contributed by atoms with Crippen LogP contribution in [0, 0.1) is 5.82 Å². The number of pyridine rings is 2. The van der Waals surface area contributed by atoms with Gasteiger partial charge in [-0.1, -0.05) is 29.8 Å². The molecule has 1 aromatic carbocycles. The largest absolute Gasteiger partial charge is 0.359 e. The van der Waals surface area contributed by atoms with Gasteiger partial charge in [-0.3, -0.25) is 9.71 Å². The number of nitrogens with one attached hydrogen (secondary N) is 2. The summed E-state index contributed by atoms with van der Waals surface area (Å²) >= 11 is 5.63. The van der Waals surface area contributed by atoms with Crippen molar-refractivity contribution in [2.75, 3.05) is 4.72 Å². The molecule has 0 aliphatic heterocycles. The summed E-state index contributed by atoms with van der Waals surface area (Å²) in [6, 6.07) is 8.16. The Morgan fingerprint density at radius 1 is 1.16 bits per heavy atom. The van der Waals surface area contributed by atoms with Gasteiger partial charge in [0.25, 0.3) is 10.0 Å². The van der Waals surface area contributed by atoms with Crippen LogP contribution in [0.5, 0.6) is 0 Å². The van der Waals surface area contributed by atoms with E-state index in [1.54, 1.807) is 18.3 Å². The molecule has 0 saturated heterocycles. The van der Waals surface area contributed by atoms with Gasteiger partial charge in [0, 0.05) is 29.4 Å². The summed E-state index contributed by atoms with van der Waals surface area (Å²) < 4.78 is 41.3. The fourth-order valence-electron chi connectivity index (χ4n) is 2.59. The highest BCUT2D eigenvalue weighted by Crippen LogP contribution is 2.29. The lowest BCUT2D eigenvalue weighted by molar-refractivity contribution is 0.598. The Morgan fingerprint density at radius 2 is 2.00 bits per heavy atom. The monoisotopic (exact) mass is 376 g/mol.